The second-order valence-corrected chi connectivity index (χ2v) is 7.07. The lowest BCUT2D eigenvalue weighted by atomic mass is 10.2. The van der Waals surface area contributed by atoms with Crippen LogP contribution in [0, 0.1) is 0 Å². The van der Waals surface area contributed by atoms with Crippen molar-refractivity contribution in [2.24, 2.45) is 4.99 Å². The summed E-state index contributed by atoms with van der Waals surface area (Å²) in [5.74, 6) is 1.77. The van der Waals surface area contributed by atoms with E-state index in [1.54, 1.807) is 18.4 Å². The van der Waals surface area contributed by atoms with Crippen LogP contribution < -0.4 is 10.1 Å². The van der Waals surface area contributed by atoms with E-state index in [2.05, 4.69) is 57.8 Å². The van der Waals surface area contributed by atoms with Crippen molar-refractivity contribution in [2.75, 3.05) is 41.8 Å². The number of benzene rings is 1. The molecule has 1 atom stereocenters. The van der Waals surface area contributed by atoms with Gasteiger partial charge in [-0.05, 0) is 31.6 Å². The summed E-state index contributed by atoms with van der Waals surface area (Å²) in [5.41, 5.74) is 1.14. The minimum absolute atomic E-state index is 0.316. The largest absolute Gasteiger partial charge is 0.496 e. The summed E-state index contributed by atoms with van der Waals surface area (Å²) in [6.07, 6.45) is 0. The molecule has 136 valence electrons. The molecule has 0 saturated heterocycles. The molecule has 1 aromatic carbocycles. The van der Waals surface area contributed by atoms with Gasteiger partial charge in [-0.15, -0.1) is 11.3 Å². The van der Waals surface area contributed by atoms with Crippen LogP contribution in [0.25, 0.3) is 0 Å². The number of rotatable bonds is 7. The number of guanidine groups is 1. The van der Waals surface area contributed by atoms with Crippen LogP contribution in [0.4, 0.5) is 0 Å². The van der Waals surface area contributed by atoms with Gasteiger partial charge in [-0.3, -0.25) is 4.99 Å². The van der Waals surface area contributed by atoms with E-state index in [1.165, 1.54) is 4.88 Å². The molecule has 0 aliphatic rings. The van der Waals surface area contributed by atoms with E-state index in [4.69, 9.17) is 4.74 Å². The summed E-state index contributed by atoms with van der Waals surface area (Å²) in [5, 5.41) is 5.62. The van der Waals surface area contributed by atoms with Gasteiger partial charge >= 0.3 is 0 Å². The summed E-state index contributed by atoms with van der Waals surface area (Å²) in [7, 11) is 9.77. The van der Waals surface area contributed by atoms with Gasteiger partial charge in [0.2, 0.25) is 0 Å². The Hall–Kier alpha value is -2.05. The molecule has 2 aromatic rings. The van der Waals surface area contributed by atoms with E-state index < -0.39 is 0 Å². The van der Waals surface area contributed by atoms with Gasteiger partial charge < -0.3 is 19.9 Å². The number of thiophene rings is 1. The normalized spacial score (nSPS) is 13.0. The highest BCUT2D eigenvalue weighted by Gasteiger charge is 2.17. The number of ether oxygens (including phenoxy) is 1. The van der Waals surface area contributed by atoms with Crippen molar-refractivity contribution < 1.29 is 4.74 Å². The first-order chi connectivity index (χ1) is 12.1. The van der Waals surface area contributed by atoms with Crippen LogP contribution in [0.15, 0.2) is 46.8 Å². The number of nitrogens with one attached hydrogen (secondary N) is 1. The van der Waals surface area contributed by atoms with E-state index in [9.17, 15) is 0 Å². The molecule has 0 spiro atoms. The van der Waals surface area contributed by atoms with Gasteiger partial charge in [0.1, 0.15) is 5.75 Å². The zero-order valence-electron chi connectivity index (χ0n) is 15.7. The Kier molecular flexibility index (Phi) is 7.28. The quantitative estimate of drug-likeness (QED) is 0.608. The molecule has 1 N–H and O–H groups in total. The molecule has 0 radical (unpaired) electrons. The van der Waals surface area contributed by atoms with Gasteiger partial charge in [0.05, 0.1) is 13.2 Å². The number of para-hydroxylation sites is 1. The lowest BCUT2D eigenvalue weighted by Gasteiger charge is -2.27. The molecule has 0 aliphatic heterocycles. The third-order valence-electron chi connectivity index (χ3n) is 4.12. The van der Waals surface area contributed by atoms with Gasteiger partial charge in [0, 0.05) is 37.6 Å². The maximum atomic E-state index is 5.45. The standard InChI is InChI=1S/C19H28N4OS/c1-20-19(21-13-16(22(2)3)18-11-8-12-25-18)23(4)14-15-9-6-7-10-17(15)24-5/h6-12,16H,13-14H2,1-5H3,(H,20,21). The highest BCUT2D eigenvalue weighted by Crippen LogP contribution is 2.22. The highest BCUT2D eigenvalue weighted by atomic mass is 32.1. The number of hydrogen-bond donors (Lipinski definition) is 1. The summed E-state index contributed by atoms with van der Waals surface area (Å²) >= 11 is 1.78. The molecule has 2 rings (SSSR count). The molecule has 6 heteroatoms. The molecule has 1 heterocycles. The number of nitrogens with zero attached hydrogens (tertiary/aromatic N) is 3. The van der Waals surface area contributed by atoms with Crippen molar-refractivity contribution in [3.8, 4) is 5.75 Å². The molecule has 5 nitrogen and oxygen atoms in total. The Morgan fingerprint density at radius 2 is 1.96 bits per heavy atom. The van der Waals surface area contributed by atoms with E-state index in [0.717, 1.165) is 30.4 Å². The van der Waals surface area contributed by atoms with Crippen molar-refractivity contribution in [2.45, 2.75) is 12.6 Å². The molecule has 0 saturated carbocycles. The second kappa shape index (κ2) is 9.44. The van der Waals surface area contributed by atoms with Crippen LogP contribution in [0.3, 0.4) is 0 Å². The van der Waals surface area contributed by atoms with Crippen LogP contribution in [0.5, 0.6) is 5.75 Å². The first kappa shape index (κ1) is 19.3. The fourth-order valence-corrected chi connectivity index (χ4v) is 3.68. The van der Waals surface area contributed by atoms with Crippen LogP contribution in [0.1, 0.15) is 16.5 Å². The van der Waals surface area contributed by atoms with Gasteiger partial charge in [-0.2, -0.15) is 0 Å². The summed E-state index contributed by atoms with van der Waals surface area (Å²) in [4.78, 5) is 10.1. The third-order valence-corrected chi connectivity index (χ3v) is 5.10. The maximum Gasteiger partial charge on any atom is 0.193 e. The first-order valence-corrected chi connectivity index (χ1v) is 9.18. The lowest BCUT2D eigenvalue weighted by molar-refractivity contribution is 0.299. The molecule has 0 aliphatic carbocycles. The van der Waals surface area contributed by atoms with Crippen LogP contribution in [0.2, 0.25) is 0 Å². The first-order valence-electron chi connectivity index (χ1n) is 8.30. The Bertz CT molecular complexity index is 670. The third kappa shape index (κ3) is 5.21. The monoisotopic (exact) mass is 360 g/mol. The van der Waals surface area contributed by atoms with Gasteiger partial charge in [-0.1, -0.05) is 24.3 Å². The predicted octanol–water partition coefficient (Wildman–Crippen LogP) is 3.07. The minimum atomic E-state index is 0.316. The average molecular weight is 361 g/mol. The molecule has 25 heavy (non-hydrogen) atoms. The number of likely N-dealkylation sites (N-methyl/N-ethyl adjacent to an activating group) is 1. The van der Waals surface area contributed by atoms with Crippen molar-refractivity contribution in [3.63, 3.8) is 0 Å². The SMILES string of the molecule is CN=C(NCC(c1cccs1)N(C)C)N(C)Cc1ccccc1OC. The molecule has 1 aromatic heterocycles. The molecule has 0 bridgehead atoms. The molecule has 0 fully saturated rings. The molecule has 0 amide bonds. The second-order valence-electron chi connectivity index (χ2n) is 6.09. The van der Waals surface area contributed by atoms with Crippen LogP contribution in [-0.4, -0.2) is 57.6 Å². The van der Waals surface area contributed by atoms with E-state index in [-0.39, 0.29) is 0 Å². The fraction of sp³-hybridized carbons (Fsp3) is 0.421. The molecule has 1 unspecified atom stereocenters. The van der Waals surface area contributed by atoms with Gasteiger partial charge in [0.25, 0.3) is 0 Å². The van der Waals surface area contributed by atoms with Crippen LogP contribution in [-0.2, 0) is 6.54 Å². The van der Waals surface area contributed by atoms with Gasteiger partial charge in [0.15, 0.2) is 5.96 Å². The van der Waals surface area contributed by atoms with E-state index in [1.807, 2.05) is 32.3 Å². The maximum absolute atomic E-state index is 5.45. The zero-order valence-corrected chi connectivity index (χ0v) is 16.5. The predicted molar refractivity (Wildman–Crippen MR) is 107 cm³/mol. The number of methoxy groups -OCH3 is 1. The number of hydrogen-bond acceptors (Lipinski definition) is 4. The summed E-state index contributed by atoms with van der Waals surface area (Å²) < 4.78 is 5.45. The Balaban J connectivity index is 2.01. The number of aliphatic imine (C=N–C) groups is 1. The topological polar surface area (TPSA) is 40.1 Å². The Morgan fingerprint density at radius 3 is 2.56 bits per heavy atom. The Morgan fingerprint density at radius 1 is 1.20 bits per heavy atom. The smallest absolute Gasteiger partial charge is 0.193 e. The van der Waals surface area contributed by atoms with Crippen molar-refractivity contribution >= 4 is 17.3 Å². The summed E-state index contributed by atoms with van der Waals surface area (Å²) in [6, 6.07) is 12.7. The average Bonchev–Trinajstić information content (AvgIpc) is 3.13. The zero-order chi connectivity index (χ0) is 18.2. The summed E-state index contributed by atoms with van der Waals surface area (Å²) in [6.45, 7) is 1.53. The Labute approximate surface area is 154 Å². The fourth-order valence-electron chi connectivity index (χ4n) is 2.76. The molecular weight excluding hydrogens is 332 g/mol. The van der Waals surface area contributed by atoms with Gasteiger partial charge in [-0.25, -0.2) is 0 Å². The highest BCUT2D eigenvalue weighted by molar-refractivity contribution is 7.10. The molecular formula is C19H28N4OS. The minimum Gasteiger partial charge on any atom is -0.496 e. The van der Waals surface area contributed by atoms with E-state index in [0.29, 0.717) is 6.04 Å². The van der Waals surface area contributed by atoms with Crippen molar-refractivity contribution in [1.29, 1.82) is 0 Å². The lowest BCUT2D eigenvalue weighted by Crippen LogP contribution is -2.42. The van der Waals surface area contributed by atoms with Crippen molar-refractivity contribution in [1.82, 2.24) is 15.1 Å². The van der Waals surface area contributed by atoms with E-state index >= 15 is 0 Å². The van der Waals surface area contributed by atoms with Crippen LogP contribution >= 0.6 is 11.3 Å². The van der Waals surface area contributed by atoms with Crippen molar-refractivity contribution in [3.05, 3.63) is 52.2 Å².